The lowest BCUT2D eigenvalue weighted by Crippen LogP contribution is -2.44. The number of benzene rings is 1. The number of nitrogens with zero attached hydrogens (tertiary/aromatic N) is 2. The normalized spacial score (nSPS) is 18.9. The standard InChI is InChI=1S/C15H17N3O2S/c16-15(21)12-7-17-13-4-2-1-3-11(13)14(12)18-5-6-20-10(8-18)9-19/h1-4,7,10,19H,5-6,8-9H2,(H2,16,21). The molecule has 5 nitrogen and oxygen atoms in total. The van der Waals surface area contributed by atoms with Crippen molar-refractivity contribution in [1.82, 2.24) is 4.98 Å². The summed E-state index contributed by atoms with van der Waals surface area (Å²) in [5, 5.41) is 10.3. The van der Waals surface area contributed by atoms with Crippen molar-refractivity contribution in [1.29, 1.82) is 0 Å². The van der Waals surface area contributed by atoms with E-state index in [9.17, 15) is 5.11 Å². The molecule has 1 aromatic heterocycles. The van der Waals surface area contributed by atoms with Gasteiger partial charge in [0.15, 0.2) is 0 Å². The third-order valence-corrected chi connectivity index (χ3v) is 3.89. The molecule has 110 valence electrons. The van der Waals surface area contributed by atoms with Gasteiger partial charge in [0.25, 0.3) is 0 Å². The van der Waals surface area contributed by atoms with E-state index in [1.54, 1.807) is 6.20 Å². The van der Waals surface area contributed by atoms with E-state index < -0.39 is 0 Å². The second-order valence-corrected chi connectivity index (χ2v) is 5.46. The van der Waals surface area contributed by atoms with Crippen LogP contribution in [0.15, 0.2) is 30.5 Å². The molecule has 2 heterocycles. The highest BCUT2D eigenvalue weighted by atomic mass is 32.1. The first-order valence-corrected chi connectivity index (χ1v) is 7.26. The molecular formula is C15H17N3O2S. The summed E-state index contributed by atoms with van der Waals surface area (Å²) in [5.74, 6) is 0. The number of ether oxygens (including phenoxy) is 1. The third kappa shape index (κ3) is 2.70. The van der Waals surface area contributed by atoms with Crippen molar-refractivity contribution in [2.45, 2.75) is 6.10 Å². The van der Waals surface area contributed by atoms with Gasteiger partial charge < -0.3 is 20.5 Å². The Hall–Kier alpha value is -1.76. The van der Waals surface area contributed by atoms with E-state index in [1.807, 2.05) is 24.3 Å². The fraction of sp³-hybridized carbons (Fsp3) is 0.333. The van der Waals surface area contributed by atoms with E-state index in [1.165, 1.54) is 0 Å². The van der Waals surface area contributed by atoms with Gasteiger partial charge in [0, 0.05) is 24.7 Å². The fourth-order valence-corrected chi connectivity index (χ4v) is 2.83. The molecule has 0 saturated carbocycles. The molecule has 3 N–H and O–H groups in total. The van der Waals surface area contributed by atoms with E-state index >= 15 is 0 Å². The number of pyridine rings is 1. The van der Waals surface area contributed by atoms with Crippen molar-refractivity contribution < 1.29 is 9.84 Å². The van der Waals surface area contributed by atoms with Gasteiger partial charge in [0.05, 0.1) is 36.1 Å². The van der Waals surface area contributed by atoms with Crippen molar-refractivity contribution in [2.75, 3.05) is 31.2 Å². The summed E-state index contributed by atoms with van der Waals surface area (Å²) in [6.45, 7) is 1.92. The number of rotatable bonds is 3. The van der Waals surface area contributed by atoms with Crippen LogP contribution in [0.3, 0.4) is 0 Å². The molecule has 1 aliphatic rings. The smallest absolute Gasteiger partial charge is 0.107 e. The fourth-order valence-electron chi connectivity index (χ4n) is 2.68. The third-order valence-electron chi connectivity index (χ3n) is 3.67. The predicted octanol–water partition coefficient (Wildman–Crippen LogP) is 1.07. The van der Waals surface area contributed by atoms with Gasteiger partial charge in [-0.2, -0.15) is 0 Å². The highest BCUT2D eigenvalue weighted by Gasteiger charge is 2.24. The van der Waals surface area contributed by atoms with Gasteiger partial charge in [-0.25, -0.2) is 0 Å². The number of anilines is 1. The second kappa shape index (κ2) is 5.93. The number of thiocarbonyl (C=S) groups is 1. The lowest BCUT2D eigenvalue weighted by molar-refractivity contribution is 0.00363. The average Bonchev–Trinajstić information content (AvgIpc) is 2.53. The molecule has 1 fully saturated rings. The van der Waals surface area contributed by atoms with Crippen LogP contribution in [0.2, 0.25) is 0 Å². The zero-order valence-electron chi connectivity index (χ0n) is 11.5. The second-order valence-electron chi connectivity index (χ2n) is 5.02. The Morgan fingerprint density at radius 1 is 1.48 bits per heavy atom. The molecule has 0 spiro atoms. The zero-order valence-corrected chi connectivity index (χ0v) is 12.3. The van der Waals surface area contributed by atoms with Crippen LogP contribution in [0.25, 0.3) is 10.9 Å². The van der Waals surface area contributed by atoms with Gasteiger partial charge in [0.1, 0.15) is 4.99 Å². The summed E-state index contributed by atoms with van der Waals surface area (Å²) < 4.78 is 5.52. The molecule has 21 heavy (non-hydrogen) atoms. The Labute approximate surface area is 128 Å². The summed E-state index contributed by atoms with van der Waals surface area (Å²) in [7, 11) is 0. The van der Waals surface area contributed by atoms with Crippen LogP contribution in [0.5, 0.6) is 0 Å². The minimum atomic E-state index is -0.190. The van der Waals surface area contributed by atoms with Crippen LogP contribution in [0.4, 0.5) is 5.69 Å². The molecule has 0 bridgehead atoms. The van der Waals surface area contributed by atoms with E-state index in [2.05, 4.69) is 9.88 Å². The molecule has 0 aliphatic carbocycles. The topological polar surface area (TPSA) is 71.6 Å². The Morgan fingerprint density at radius 2 is 2.29 bits per heavy atom. The van der Waals surface area contributed by atoms with Crippen LogP contribution < -0.4 is 10.6 Å². The highest BCUT2D eigenvalue weighted by Crippen LogP contribution is 2.30. The maximum atomic E-state index is 9.33. The molecule has 1 saturated heterocycles. The van der Waals surface area contributed by atoms with Gasteiger partial charge in [-0.15, -0.1) is 0 Å². The van der Waals surface area contributed by atoms with Crippen molar-refractivity contribution in [3.05, 3.63) is 36.0 Å². The number of hydrogen-bond donors (Lipinski definition) is 2. The van der Waals surface area contributed by atoms with Crippen LogP contribution >= 0.6 is 12.2 Å². The van der Waals surface area contributed by atoms with Crippen molar-refractivity contribution in [2.24, 2.45) is 5.73 Å². The first kappa shape index (κ1) is 14.2. The summed E-state index contributed by atoms with van der Waals surface area (Å²) in [6.07, 6.45) is 1.54. The molecule has 1 atom stereocenters. The number of aromatic nitrogens is 1. The first-order valence-electron chi connectivity index (χ1n) is 6.85. The maximum absolute atomic E-state index is 9.33. The first-order chi connectivity index (χ1) is 10.2. The van der Waals surface area contributed by atoms with Crippen LogP contribution in [-0.4, -0.2) is 47.5 Å². The molecule has 3 rings (SSSR count). The molecule has 2 aromatic rings. The molecular weight excluding hydrogens is 286 g/mol. The Morgan fingerprint density at radius 3 is 3.05 bits per heavy atom. The Balaban J connectivity index is 2.14. The Bertz CT molecular complexity index is 677. The van der Waals surface area contributed by atoms with E-state index in [0.29, 0.717) is 18.1 Å². The number of hydrogen-bond acceptors (Lipinski definition) is 5. The number of nitrogens with two attached hydrogens (primary N) is 1. The number of morpholine rings is 1. The van der Waals surface area contributed by atoms with Gasteiger partial charge in [-0.3, -0.25) is 4.98 Å². The number of fused-ring (bicyclic) bond motifs is 1. The zero-order chi connectivity index (χ0) is 14.8. The summed E-state index contributed by atoms with van der Waals surface area (Å²) in [6, 6.07) is 7.91. The van der Waals surface area contributed by atoms with Crippen molar-refractivity contribution in [3.63, 3.8) is 0 Å². The van der Waals surface area contributed by atoms with Crippen molar-refractivity contribution in [3.8, 4) is 0 Å². The van der Waals surface area contributed by atoms with Crippen LogP contribution in [0.1, 0.15) is 5.56 Å². The molecule has 6 heteroatoms. The van der Waals surface area contributed by atoms with E-state index in [0.717, 1.165) is 28.7 Å². The SMILES string of the molecule is NC(=S)c1cnc2ccccc2c1N1CCOC(CO)C1. The average molecular weight is 303 g/mol. The highest BCUT2D eigenvalue weighted by molar-refractivity contribution is 7.80. The number of aliphatic hydroxyl groups is 1. The van der Waals surface area contributed by atoms with Gasteiger partial charge in [-0.1, -0.05) is 30.4 Å². The maximum Gasteiger partial charge on any atom is 0.107 e. The van der Waals surface area contributed by atoms with E-state index in [-0.39, 0.29) is 12.7 Å². The summed E-state index contributed by atoms with van der Waals surface area (Å²) >= 11 is 5.17. The molecule has 1 aromatic carbocycles. The molecule has 1 aliphatic heterocycles. The van der Waals surface area contributed by atoms with Crippen LogP contribution in [0, 0.1) is 0 Å². The summed E-state index contributed by atoms with van der Waals surface area (Å²) in [5.41, 5.74) is 8.51. The van der Waals surface area contributed by atoms with Crippen LogP contribution in [-0.2, 0) is 4.74 Å². The number of para-hydroxylation sites is 1. The lowest BCUT2D eigenvalue weighted by Gasteiger charge is -2.35. The minimum absolute atomic E-state index is 0.00191. The van der Waals surface area contributed by atoms with Gasteiger partial charge in [0.2, 0.25) is 0 Å². The largest absolute Gasteiger partial charge is 0.394 e. The predicted molar refractivity (Wildman–Crippen MR) is 86.7 cm³/mol. The molecule has 0 radical (unpaired) electrons. The summed E-state index contributed by atoms with van der Waals surface area (Å²) in [4.78, 5) is 6.92. The molecule has 1 unspecified atom stereocenters. The lowest BCUT2D eigenvalue weighted by atomic mass is 10.1. The quantitative estimate of drug-likeness (QED) is 0.826. The van der Waals surface area contributed by atoms with Gasteiger partial charge in [-0.05, 0) is 6.07 Å². The van der Waals surface area contributed by atoms with E-state index in [4.69, 9.17) is 22.7 Å². The van der Waals surface area contributed by atoms with Crippen molar-refractivity contribution >= 4 is 33.8 Å². The monoisotopic (exact) mass is 303 g/mol. The Kier molecular flexibility index (Phi) is 4.01. The number of aliphatic hydroxyl groups excluding tert-OH is 1. The minimum Gasteiger partial charge on any atom is -0.394 e. The molecule has 0 amide bonds. The van der Waals surface area contributed by atoms with Gasteiger partial charge >= 0.3 is 0 Å².